The number of carbonyl (C=O) groups is 5. The number of esters is 1. The van der Waals surface area contributed by atoms with Crippen molar-refractivity contribution in [3.63, 3.8) is 0 Å². The minimum absolute atomic E-state index is 0. The number of nitrogens with zero attached hydrogens (tertiary/aromatic N) is 4. The van der Waals surface area contributed by atoms with Crippen molar-refractivity contribution in [1.82, 2.24) is 25.3 Å². The average molecular weight is 1330 g/mol. The molecule has 24 heteroatoms. The van der Waals surface area contributed by atoms with E-state index in [-0.39, 0.29) is 99.3 Å². The molecule has 2 aliphatic heterocycles. The number of aliphatic carboxylic acids is 1. The smallest absolute Gasteiger partial charge is 0.870 e. The van der Waals surface area contributed by atoms with Gasteiger partial charge >= 0.3 is 30.8 Å². The number of thiophene rings is 2. The number of nitrogens with two attached hydrogens (primary N) is 1. The molecule has 8 aromatic rings. The maximum Gasteiger partial charge on any atom is 1.00 e. The molecule has 8 N–H and O–H groups in total. The maximum atomic E-state index is 12.1. The number of Topliss-reactive ketones (excluding diaryl/α,β-unsaturated/α-hetero) is 2. The number of aromatic nitrogens is 4. The van der Waals surface area contributed by atoms with Crippen LogP contribution in [0.3, 0.4) is 0 Å². The Bertz CT molecular complexity index is 3570. The largest absolute Gasteiger partial charge is 1.00 e. The molecule has 2 atom stereocenters. The third-order valence-corrected chi connectivity index (χ3v) is 15.3. The number of nitrogens with one attached hydrogen (secondary N) is 1. The fourth-order valence-electron chi connectivity index (χ4n) is 8.13. The predicted octanol–water partition coefficient (Wildman–Crippen LogP) is 9.35. The number of carboxylic acid groups (broad SMARTS) is 1. The molecule has 0 fully saturated rings. The number of ketones is 2. The SMILES string of the molecule is C.C.CC(=O)c1ccc(-c2cc(Cl)c3c(c2)CC(CN)O3)s1.CC(=O)c1ccc(-c2cc(Cl)c3c(c2)CC(CNC(=O)/C=C/Cc2cccnc2)O3)s1.COC(=O)/C=C/Cc1cccnc1.Cl.O.O=C(O)/C=C/Cc1cccnc1.OCCc1cccnc1.[Li+].[OH-]. The summed E-state index contributed by atoms with van der Waals surface area (Å²) in [6.07, 6.45) is 27.0. The van der Waals surface area contributed by atoms with Crippen molar-refractivity contribution in [2.24, 2.45) is 5.73 Å². The zero-order valence-corrected chi connectivity index (χ0v) is 53.3. The van der Waals surface area contributed by atoms with Crippen LogP contribution >= 0.6 is 58.3 Å². The molecule has 480 valence electrons. The summed E-state index contributed by atoms with van der Waals surface area (Å²) in [5.74, 6) is 0.139. The fourth-order valence-corrected chi connectivity index (χ4v) is 10.5. The number of hydrogen-bond donors (Lipinski definition) is 4. The van der Waals surface area contributed by atoms with Gasteiger partial charge < -0.3 is 46.4 Å². The number of aliphatic hydroxyl groups is 1. The zero-order valence-electron chi connectivity index (χ0n) is 49.3. The van der Waals surface area contributed by atoms with Crippen molar-refractivity contribution in [3.8, 4) is 32.4 Å². The summed E-state index contributed by atoms with van der Waals surface area (Å²) in [5, 5.41) is 20.8. The van der Waals surface area contributed by atoms with Crippen LogP contribution < -0.4 is 39.4 Å². The van der Waals surface area contributed by atoms with E-state index >= 15 is 0 Å². The number of rotatable bonds is 18. The monoisotopic (exact) mass is 1330 g/mol. The van der Waals surface area contributed by atoms with Crippen LogP contribution in [0.1, 0.15) is 81.4 Å². The van der Waals surface area contributed by atoms with E-state index in [0.717, 1.165) is 82.3 Å². The number of benzene rings is 2. The van der Waals surface area contributed by atoms with Gasteiger partial charge in [0.15, 0.2) is 11.6 Å². The number of ether oxygens (including phenoxy) is 3. The number of methoxy groups -OCH3 is 1. The Labute approximate surface area is 567 Å². The van der Waals surface area contributed by atoms with Crippen LogP contribution in [0.15, 0.2) is 183 Å². The summed E-state index contributed by atoms with van der Waals surface area (Å²) in [4.78, 5) is 75.1. The quantitative estimate of drug-likeness (QED) is 0.0269. The second kappa shape index (κ2) is 44.7. The first-order chi connectivity index (χ1) is 41.1. The van der Waals surface area contributed by atoms with E-state index in [9.17, 15) is 24.0 Å². The van der Waals surface area contributed by atoms with E-state index in [1.807, 2.05) is 97.1 Å². The van der Waals surface area contributed by atoms with Crippen molar-refractivity contribution >= 4 is 87.7 Å². The molecule has 91 heavy (non-hydrogen) atoms. The molecule has 2 aliphatic rings. The van der Waals surface area contributed by atoms with Gasteiger partial charge in [-0.15, -0.1) is 35.1 Å². The summed E-state index contributed by atoms with van der Waals surface area (Å²) in [6.45, 7) is 4.21. The molecule has 0 aliphatic carbocycles. The van der Waals surface area contributed by atoms with E-state index in [0.29, 0.717) is 61.0 Å². The molecule has 2 aromatic carbocycles. The molecular formula is C67H76Cl3LiN6O12S2. The second-order valence-corrected chi connectivity index (χ2v) is 21.8. The van der Waals surface area contributed by atoms with Gasteiger partial charge in [-0.3, -0.25) is 34.3 Å². The summed E-state index contributed by atoms with van der Waals surface area (Å²) in [6, 6.07) is 30.6. The predicted molar refractivity (Wildman–Crippen MR) is 360 cm³/mol. The Morgan fingerprint density at radius 3 is 1.43 bits per heavy atom. The number of fused-ring (bicyclic) bond motifs is 2. The van der Waals surface area contributed by atoms with Gasteiger partial charge in [0.05, 0.1) is 33.5 Å². The van der Waals surface area contributed by atoms with Crippen molar-refractivity contribution in [2.45, 2.75) is 79.4 Å². The van der Waals surface area contributed by atoms with Gasteiger partial charge in [0, 0.05) is 109 Å². The Balaban J connectivity index is 0.00000117. The first kappa shape index (κ1) is 83.3. The van der Waals surface area contributed by atoms with Gasteiger partial charge in [-0.25, -0.2) is 9.59 Å². The molecule has 0 bridgehead atoms. The van der Waals surface area contributed by atoms with Crippen molar-refractivity contribution in [1.29, 1.82) is 0 Å². The van der Waals surface area contributed by atoms with Crippen LogP contribution in [0, 0.1) is 0 Å². The third kappa shape index (κ3) is 28.6. The molecule has 0 spiro atoms. The topological polar surface area (TPSA) is 305 Å². The maximum absolute atomic E-state index is 12.1. The summed E-state index contributed by atoms with van der Waals surface area (Å²) in [5.41, 5.74) is 13.9. The molecule has 10 rings (SSSR count). The normalized spacial score (nSPS) is 12.6. The summed E-state index contributed by atoms with van der Waals surface area (Å²) < 4.78 is 16.1. The molecule has 2 unspecified atom stereocenters. The minimum Gasteiger partial charge on any atom is -0.870 e. The Hall–Kier alpha value is -7.68. The molecule has 0 saturated carbocycles. The first-order valence-corrected chi connectivity index (χ1v) is 29.2. The van der Waals surface area contributed by atoms with Gasteiger partial charge in [0.2, 0.25) is 5.91 Å². The summed E-state index contributed by atoms with van der Waals surface area (Å²) >= 11 is 15.7. The summed E-state index contributed by atoms with van der Waals surface area (Å²) in [7, 11) is 1.36. The fraction of sp³-hybridized carbons (Fsp3) is 0.239. The van der Waals surface area contributed by atoms with Crippen molar-refractivity contribution in [3.05, 3.63) is 236 Å². The number of carboxylic acids is 1. The number of aliphatic hydroxyl groups excluding tert-OH is 1. The molecule has 1 amide bonds. The van der Waals surface area contributed by atoms with Crippen LogP contribution in [0.4, 0.5) is 0 Å². The van der Waals surface area contributed by atoms with Gasteiger partial charge in [0.25, 0.3) is 0 Å². The Morgan fingerprint density at radius 1 is 0.648 bits per heavy atom. The number of hydrogen-bond acceptors (Lipinski definition) is 17. The van der Waals surface area contributed by atoms with E-state index < -0.39 is 5.97 Å². The van der Waals surface area contributed by atoms with E-state index in [1.54, 1.807) is 75.6 Å². The standard InChI is InChI=1S/C24H21ClN2O3S.C15H14ClNO2S.C10H11NO2.C9H9NO2.C7H9NO.2CH4.ClH.Li.2H2O/c1-15(28)21-7-8-22(31-21)17-10-18-11-19(30-24(18)20(25)12-17)14-27-23(29)6-2-4-16-5-3-9-26-13-16;1-8(18)13-2-3-14(20-13)9-4-10-5-11(7-17)19-15(10)12(16)6-9;1-13-10(12)6-2-4-9-5-3-7-11-8-9;11-9(12)5-1-3-8-4-2-6-10-7-8;9-5-3-7-2-1-4-8-6-7;;;;;;/h2-3,5-10,12-13,19H,4,11,14H2,1H3,(H,27,29);2-4,6,11H,5,7,17H2,1H3;2-3,5-8H,4H2,1H3;1-2,4-7H,3H2,(H,11,12);1-2,4,6,9H,3,5H2;2*1H4;1H;;2*1H2/q;;;;;;;;+1;;/p-1/b6-2+;;6-2+;5-1+;;;;;;;. The van der Waals surface area contributed by atoms with Crippen molar-refractivity contribution in [2.75, 3.05) is 26.8 Å². The van der Waals surface area contributed by atoms with Crippen LogP contribution in [0.25, 0.3) is 20.9 Å². The van der Waals surface area contributed by atoms with E-state index in [1.165, 1.54) is 41.9 Å². The minimum atomic E-state index is -0.918. The number of pyridine rings is 4. The number of carbonyl (C=O) groups excluding carboxylic acids is 4. The molecule has 6 aromatic heterocycles. The van der Waals surface area contributed by atoms with Gasteiger partial charge in [0.1, 0.15) is 23.7 Å². The zero-order chi connectivity index (χ0) is 60.9. The average Bonchev–Trinajstić information content (AvgIpc) is 2.35. The van der Waals surface area contributed by atoms with Gasteiger partial charge in [-0.05, 0) is 152 Å². The van der Waals surface area contributed by atoms with E-state index in [2.05, 4.69) is 36.1 Å². The second-order valence-electron chi connectivity index (χ2n) is 18.8. The molecular weight excluding hydrogens is 1260 g/mol. The molecule has 0 radical (unpaired) electrons. The third-order valence-electron chi connectivity index (χ3n) is 12.3. The van der Waals surface area contributed by atoms with Gasteiger partial charge in [-0.2, -0.15) is 0 Å². The van der Waals surface area contributed by atoms with Crippen molar-refractivity contribution < 1.29 is 78.2 Å². The number of halogens is 3. The van der Waals surface area contributed by atoms with Crippen LogP contribution in [0.5, 0.6) is 11.5 Å². The molecule has 0 saturated heterocycles. The molecule has 8 heterocycles. The molecule has 18 nitrogen and oxygen atoms in total. The number of amides is 1. The van der Waals surface area contributed by atoms with Crippen LogP contribution in [-0.2, 0) is 57.6 Å². The van der Waals surface area contributed by atoms with Crippen LogP contribution in [0.2, 0.25) is 10.0 Å². The van der Waals surface area contributed by atoms with Crippen LogP contribution in [-0.4, -0.2) is 110 Å². The Kier molecular flexibility index (Phi) is 41.0. The number of allylic oxidation sites excluding steroid dienone is 3. The van der Waals surface area contributed by atoms with E-state index in [4.69, 9.17) is 48.6 Å². The first-order valence-electron chi connectivity index (χ1n) is 26.8. The van der Waals surface area contributed by atoms with Gasteiger partial charge in [-0.1, -0.05) is 80.5 Å². The Morgan fingerprint density at radius 2 is 1.05 bits per heavy atom.